The Morgan fingerprint density at radius 1 is 1.22 bits per heavy atom. The van der Waals surface area contributed by atoms with Crippen LogP contribution in [0.5, 0.6) is 0 Å². The van der Waals surface area contributed by atoms with Gasteiger partial charge in [0.2, 0.25) is 0 Å². The van der Waals surface area contributed by atoms with Crippen LogP contribution in [0.3, 0.4) is 0 Å². The quantitative estimate of drug-likeness (QED) is 0.355. The number of nitrogens with one attached hydrogen (secondary N) is 2. The van der Waals surface area contributed by atoms with Gasteiger partial charge in [0.05, 0.1) is 6.54 Å². The molecule has 3 heterocycles. The van der Waals surface area contributed by atoms with Gasteiger partial charge in [0.25, 0.3) is 6.43 Å². The summed E-state index contributed by atoms with van der Waals surface area (Å²) in [5, 5.41) is 12.8. The van der Waals surface area contributed by atoms with Gasteiger partial charge in [-0.05, 0) is 64.2 Å². The molecule has 0 bridgehead atoms. The van der Waals surface area contributed by atoms with Gasteiger partial charge >= 0.3 is 6.09 Å². The van der Waals surface area contributed by atoms with Crippen molar-refractivity contribution in [3.63, 3.8) is 0 Å². The van der Waals surface area contributed by atoms with Crippen molar-refractivity contribution < 1.29 is 23.0 Å². The Kier molecular flexibility index (Phi) is 8.24. The van der Waals surface area contributed by atoms with Crippen molar-refractivity contribution >= 4 is 33.5 Å². The van der Waals surface area contributed by atoms with Crippen LogP contribution in [0.15, 0.2) is 27.9 Å². The highest BCUT2D eigenvalue weighted by Gasteiger charge is 2.33. The minimum atomic E-state index is -2.62. The summed E-state index contributed by atoms with van der Waals surface area (Å²) < 4.78 is 38.9. The van der Waals surface area contributed by atoms with Gasteiger partial charge in [-0.25, -0.2) is 13.6 Å². The van der Waals surface area contributed by atoms with E-state index < -0.39 is 18.1 Å². The second-order valence-corrected chi connectivity index (χ2v) is 11.4. The number of carbonyl (C=O) groups is 1. The molecule has 7 nitrogen and oxygen atoms in total. The van der Waals surface area contributed by atoms with Crippen LogP contribution < -0.4 is 10.2 Å². The molecule has 0 spiro atoms. The third-order valence-electron chi connectivity index (χ3n) is 6.70. The number of alkyl halides is 2. The third kappa shape index (κ3) is 6.19. The summed E-state index contributed by atoms with van der Waals surface area (Å²) in [5.41, 5.74) is 2.50. The number of rotatable bonds is 4. The molecule has 1 aromatic carbocycles. The zero-order valence-corrected chi connectivity index (χ0v) is 22.7. The van der Waals surface area contributed by atoms with E-state index in [0.717, 1.165) is 36.9 Å². The Morgan fingerprint density at radius 2 is 1.94 bits per heavy atom. The maximum atomic E-state index is 13.7. The van der Waals surface area contributed by atoms with Gasteiger partial charge in [0.15, 0.2) is 0 Å². The fourth-order valence-electron chi connectivity index (χ4n) is 4.89. The van der Waals surface area contributed by atoms with E-state index in [1.54, 1.807) is 11.0 Å². The second kappa shape index (κ2) is 11.0. The lowest BCUT2D eigenvalue weighted by Crippen LogP contribution is -2.48. The molecule has 0 saturated carbocycles. The number of fused-ring (bicyclic) bond motifs is 1. The number of carbonyl (C=O) groups excluding carboxylic acids is 1. The highest BCUT2D eigenvalue weighted by molar-refractivity contribution is 9.10. The van der Waals surface area contributed by atoms with Crippen LogP contribution in [-0.4, -0.2) is 61.3 Å². The van der Waals surface area contributed by atoms with E-state index in [1.807, 2.05) is 25.7 Å². The van der Waals surface area contributed by atoms with Crippen LogP contribution in [0.4, 0.5) is 19.3 Å². The van der Waals surface area contributed by atoms with E-state index in [-0.39, 0.29) is 24.0 Å². The van der Waals surface area contributed by atoms with Crippen molar-refractivity contribution in [3.05, 3.63) is 39.0 Å². The third-order valence-corrected chi connectivity index (χ3v) is 7.39. The summed E-state index contributed by atoms with van der Waals surface area (Å²) >= 11 is 3.28. The summed E-state index contributed by atoms with van der Waals surface area (Å²) in [6.45, 7) is 8.12. The molecule has 36 heavy (non-hydrogen) atoms. The monoisotopic (exact) mass is 568 g/mol. The average molecular weight is 569 g/mol. The smallest absolute Gasteiger partial charge is 0.410 e. The number of benzene rings is 1. The molecule has 4 rings (SSSR count). The molecule has 2 N–H and O–H groups in total. The molecule has 198 valence electrons. The number of hydrogen-bond donors (Lipinski definition) is 2. The van der Waals surface area contributed by atoms with Gasteiger partial charge in [0, 0.05) is 65.8 Å². The minimum absolute atomic E-state index is 0.0815. The predicted octanol–water partition coefficient (Wildman–Crippen LogP) is 5.78. The average Bonchev–Trinajstić information content (AvgIpc) is 2.82. The van der Waals surface area contributed by atoms with Crippen molar-refractivity contribution in [1.82, 2.24) is 10.2 Å². The number of halogens is 3. The molecule has 1 aromatic rings. The Labute approximate surface area is 219 Å². The number of amides is 1. The van der Waals surface area contributed by atoms with E-state index in [2.05, 4.69) is 21.2 Å². The molecular weight excluding hydrogens is 534 g/mol. The fourth-order valence-corrected chi connectivity index (χ4v) is 5.46. The zero-order valence-electron chi connectivity index (χ0n) is 21.1. The van der Waals surface area contributed by atoms with Gasteiger partial charge < -0.3 is 24.6 Å². The summed E-state index contributed by atoms with van der Waals surface area (Å²) in [5.74, 6) is 0.237. The Morgan fingerprint density at radius 3 is 2.61 bits per heavy atom. The lowest BCUT2D eigenvalue weighted by Gasteiger charge is -2.38. The number of nitrogens with zero attached hydrogens (tertiary/aromatic N) is 2. The van der Waals surface area contributed by atoms with Gasteiger partial charge in [-0.15, -0.1) is 0 Å². The van der Waals surface area contributed by atoms with Crippen molar-refractivity contribution in [2.75, 3.05) is 37.7 Å². The van der Waals surface area contributed by atoms with Crippen LogP contribution in [0, 0.1) is 5.41 Å². The Balaban J connectivity index is 1.66. The topological polar surface area (TPSA) is 77.9 Å². The summed E-state index contributed by atoms with van der Waals surface area (Å²) in [7, 11) is 0. The molecule has 0 radical (unpaired) electrons. The molecule has 0 aliphatic carbocycles. The fraction of sp³-hybridized carbons (Fsp3) is 0.615. The molecule has 0 unspecified atom stereocenters. The summed E-state index contributed by atoms with van der Waals surface area (Å²) in [6.07, 6.45) is 0.846. The Bertz CT molecular complexity index is 1030. The number of anilines is 1. The van der Waals surface area contributed by atoms with E-state index in [9.17, 15) is 19.0 Å². The molecule has 1 fully saturated rings. The van der Waals surface area contributed by atoms with Crippen molar-refractivity contribution in [1.29, 1.82) is 5.41 Å². The maximum Gasteiger partial charge on any atom is 0.410 e. The lowest BCUT2D eigenvalue weighted by atomic mass is 9.96. The highest BCUT2D eigenvalue weighted by Crippen LogP contribution is 2.38. The molecule has 3 aliphatic rings. The normalized spacial score (nSPS) is 19.4. The lowest BCUT2D eigenvalue weighted by molar-refractivity contribution is 0.0259. The molecule has 0 atom stereocenters. The van der Waals surface area contributed by atoms with Gasteiger partial charge in [-0.1, -0.05) is 15.9 Å². The van der Waals surface area contributed by atoms with Crippen molar-refractivity contribution in [2.24, 2.45) is 0 Å². The second-order valence-electron chi connectivity index (χ2n) is 10.5. The summed E-state index contributed by atoms with van der Waals surface area (Å²) in [4.78, 5) is 16.3. The van der Waals surface area contributed by atoms with Crippen LogP contribution in [0.25, 0.3) is 0 Å². The van der Waals surface area contributed by atoms with E-state index in [4.69, 9.17) is 9.47 Å². The van der Waals surface area contributed by atoms with Crippen molar-refractivity contribution in [3.8, 4) is 0 Å². The Hall–Kier alpha value is -2.20. The van der Waals surface area contributed by atoms with Crippen LogP contribution in [-0.2, 0) is 15.9 Å². The van der Waals surface area contributed by atoms with Gasteiger partial charge in [-0.2, -0.15) is 0 Å². The molecule has 0 aromatic heterocycles. The predicted molar refractivity (Wildman–Crippen MR) is 139 cm³/mol. The molecule has 10 heteroatoms. The first-order valence-corrected chi connectivity index (χ1v) is 13.3. The van der Waals surface area contributed by atoms with Crippen molar-refractivity contribution in [2.45, 2.75) is 70.9 Å². The molecule has 3 aliphatic heterocycles. The minimum Gasteiger partial charge on any atom is -0.444 e. The van der Waals surface area contributed by atoms with Crippen LogP contribution in [0.2, 0.25) is 0 Å². The summed E-state index contributed by atoms with van der Waals surface area (Å²) in [6, 6.07) is 3.48. The first-order chi connectivity index (χ1) is 17.0. The SMILES string of the molecule is CC(C)(C)OC(=O)N1CCC(NC2CCOCC2)=C(C(=N)N2CCCc3cc(Br)c(C(F)F)cc32)C1. The first kappa shape index (κ1) is 26.9. The van der Waals surface area contributed by atoms with Gasteiger partial charge in [0.1, 0.15) is 11.4 Å². The highest BCUT2D eigenvalue weighted by atomic mass is 79.9. The van der Waals surface area contributed by atoms with Crippen LogP contribution in [0.1, 0.15) is 64.0 Å². The van der Waals surface area contributed by atoms with Gasteiger partial charge in [-0.3, -0.25) is 5.41 Å². The number of hydrogen-bond acceptors (Lipinski definition) is 5. The molecular formula is C26H35BrF2N4O3. The molecule has 1 amide bonds. The van der Waals surface area contributed by atoms with Crippen LogP contribution >= 0.6 is 15.9 Å². The maximum absolute atomic E-state index is 13.7. The molecule has 1 saturated heterocycles. The number of amidine groups is 1. The standard InChI is InChI=1S/C26H35BrF2N4O3/c1-26(2,3)36-25(34)32-10-6-21(31-17-7-11-35-12-8-17)19(15-32)24(30)33-9-4-5-16-13-20(27)18(23(28)29)14-22(16)33/h13-14,17,23,30-31H,4-12,15H2,1-3H3. The van der Waals surface area contributed by atoms with E-state index in [1.165, 1.54) is 6.07 Å². The largest absolute Gasteiger partial charge is 0.444 e. The van der Waals surface area contributed by atoms with E-state index in [0.29, 0.717) is 48.5 Å². The number of ether oxygens (including phenoxy) is 2. The van der Waals surface area contributed by atoms with E-state index >= 15 is 0 Å². The number of aryl methyl sites for hydroxylation is 1. The first-order valence-electron chi connectivity index (χ1n) is 12.5. The zero-order chi connectivity index (χ0) is 26.0.